The van der Waals surface area contributed by atoms with Gasteiger partial charge in [0, 0.05) is 37.2 Å². The van der Waals surface area contributed by atoms with E-state index < -0.39 is 10.0 Å². The molecule has 0 saturated heterocycles. The van der Waals surface area contributed by atoms with Crippen LogP contribution in [0.1, 0.15) is 135 Å². The Morgan fingerprint density at radius 3 is 1.83 bits per heavy atom. The number of hydrogen-bond acceptors (Lipinski definition) is 3. The van der Waals surface area contributed by atoms with Crippen molar-refractivity contribution in [2.75, 3.05) is 12.9 Å². The van der Waals surface area contributed by atoms with Crippen molar-refractivity contribution in [1.82, 2.24) is 4.31 Å². The van der Waals surface area contributed by atoms with Crippen LogP contribution in [0.3, 0.4) is 0 Å². The van der Waals surface area contributed by atoms with Crippen molar-refractivity contribution in [1.29, 1.82) is 0 Å². The van der Waals surface area contributed by atoms with Crippen LogP contribution in [-0.2, 0) is 35.1 Å². The first-order valence-electron chi connectivity index (χ1n) is 16.2. The molecule has 6 heteroatoms. The standard InChI is InChI=1S/C35H59N2O3S/c1-7-9-10-11-12-13-14-15-16-17-18-19-28-40-34-32(21-20-22-33(34)35(3,4)5)30-37(41(6,38)39)29-31-23-26-36(25-8-2)27-24-31/h20-24,26-27H,7-19,25,28-30H2,1-6H3/q+1. The van der Waals surface area contributed by atoms with E-state index in [-0.39, 0.29) is 5.41 Å². The minimum absolute atomic E-state index is 0.107. The molecule has 232 valence electrons. The maximum Gasteiger partial charge on any atom is 0.211 e. The monoisotopic (exact) mass is 587 g/mol. The van der Waals surface area contributed by atoms with E-state index in [1.807, 2.05) is 36.7 Å². The number of sulfonamides is 1. The van der Waals surface area contributed by atoms with Crippen molar-refractivity contribution in [3.63, 3.8) is 0 Å². The van der Waals surface area contributed by atoms with Gasteiger partial charge in [-0.2, -0.15) is 4.31 Å². The number of rotatable bonds is 21. The summed E-state index contributed by atoms with van der Waals surface area (Å²) in [5, 5.41) is 0. The molecule has 0 fully saturated rings. The first-order valence-corrected chi connectivity index (χ1v) is 18.1. The van der Waals surface area contributed by atoms with Gasteiger partial charge in [0.15, 0.2) is 12.4 Å². The number of ether oxygens (including phenoxy) is 1. The zero-order valence-electron chi connectivity index (χ0n) is 27.1. The topological polar surface area (TPSA) is 50.5 Å². The molecular formula is C35H59N2O3S+. The summed E-state index contributed by atoms with van der Waals surface area (Å²) in [5.41, 5.74) is 2.93. The van der Waals surface area contributed by atoms with Crippen LogP contribution < -0.4 is 9.30 Å². The van der Waals surface area contributed by atoms with E-state index in [1.165, 1.54) is 76.9 Å². The summed E-state index contributed by atoms with van der Waals surface area (Å²) in [7, 11) is -3.42. The average molecular weight is 588 g/mol. The molecule has 0 radical (unpaired) electrons. The van der Waals surface area contributed by atoms with E-state index in [4.69, 9.17) is 4.74 Å². The van der Waals surface area contributed by atoms with Gasteiger partial charge in [-0.25, -0.2) is 13.0 Å². The van der Waals surface area contributed by atoms with Crippen LogP contribution in [0.15, 0.2) is 42.7 Å². The van der Waals surface area contributed by atoms with Crippen LogP contribution >= 0.6 is 0 Å². The lowest BCUT2D eigenvalue weighted by molar-refractivity contribution is -0.697. The van der Waals surface area contributed by atoms with E-state index in [0.29, 0.717) is 19.7 Å². The van der Waals surface area contributed by atoms with Gasteiger partial charge in [-0.1, -0.05) is 123 Å². The summed E-state index contributed by atoms with van der Waals surface area (Å²) in [4.78, 5) is 0. The number of nitrogens with zero attached hydrogens (tertiary/aromatic N) is 2. The lowest BCUT2D eigenvalue weighted by Gasteiger charge is -2.27. The molecular weight excluding hydrogens is 528 g/mol. The third-order valence-corrected chi connectivity index (χ3v) is 8.96. The van der Waals surface area contributed by atoms with Crippen molar-refractivity contribution < 1.29 is 17.7 Å². The quantitative estimate of drug-likeness (QED) is 0.108. The second-order valence-electron chi connectivity index (χ2n) is 12.8. The molecule has 2 rings (SSSR count). The smallest absolute Gasteiger partial charge is 0.211 e. The second-order valence-corrected chi connectivity index (χ2v) is 14.7. The number of hydrogen-bond donors (Lipinski definition) is 0. The summed E-state index contributed by atoms with van der Waals surface area (Å²) >= 11 is 0. The largest absolute Gasteiger partial charge is 0.493 e. The highest BCUT2D eigenvalue weighted by molar-refractivity contribution is 7.88. The van der Waals surface area contributed by atoms with Gasteiger partial charge in [-0.3, -0.25) is 0 Å². The summed E-state index contributed by atoms with van der Waals surface area (Å²) < 4.78 is 35.9. The van der Waals surface area contributed by atoms with Crippen LogP contribution in [0.25, 0.3) is 0 Å². The van der Waals surface area contributed by atoms with Gasteiger partial charge in [0.05, 0.1) is 12.9 Å². The fraction of sp³-hybridized carbons (Fsp3) is 0.686. The molecule has 0 aliphatic heterocycles. The van der Waals surface area contributed by atoms with Gasteiger partial charge in [0.25, 0.3) is 0 Å². The molecule has 0 unspecified atom stereocenters. The Morgan fingerprint density at radius 1 is 0.756 bits per heavy atom. The fourth-order valence-corrected chi connectivity index (χ4v) is 6.03. The van der Waals surface area contributed by atoms with Gasteiger partial charge < -0.3 is 4.74 Å². The lowest BCUT2D eigenvalue weighted by atomic mass is 9.85. The predicted octanol–water partition coefficient (Wildman–Crippen LogP) is 8.72. The van der Waals surface area contributed by atoms with E-state index in [9.17, 15) is 8.42 Å². The van der Waals surface area contributed by atoms with E-state index in [2.05, 4.69) is 45.3 Å². The second kappa shape index (κ2) is 18.6. The number of pyridine rings is 1. The molecule has 0 amide bonds. The Labute approximate surface area is 252 Å². The number of aromatic nitrogens is 1. The number of para-hydroxylation sites is 1. The minimum Gasteiger partial charge on any atom is -0.493 e. The van der Waals surface area contributed by atoms with Crippen LogP contribution in [-0.4, -0.2) is 25.6 Å². The van der Waals surface area contributed by atoms with Crippen LogP contribution in [0.4, 0.5) is 0 Å². The highest BCUT2D eigenvalue weighted by Crippen LogP contribution is 2.35. The fourth-order valence-electron chi connectivity index (χ4n) is 5.27. The summed E-state index contributed by atoms with van der Waals surface area (Å²) in [6.45, 7) is 13.2. The van der Waals surface area contributed by atoms with E-state index >= 15 is 0 Å². The van der Waals surface area contributed by atoms with Gasteiger partial charge in [0.2, 0.25) is 10.0 Å². The highest BCUT2D eigenvalue weighted by atomic mass is 32.2. The molecule has 0 spiro atoms. The molecule has 1 aromatic carbocycles. The molecule has 0 aliphatic carbocycles. The first kappa shape index (κ1) is 35.3. The Kier molecular flexibility index (Phi) is 16.0. The van der Waals surface area contributed by atoms with Crippen LogP contribution in [0.5, 0.6) is 5.75 Å². The van der Waals surface area contributed by atoms with Crippen LogP contribution in [0.2, 0.25) is 0 Å². The third kappa shape index (κ3) is 13.7. The maximum atomic E-state index is 12.9. The Bertz CT molecular complexity index is 1090. The highest BCUT2D eigenvalue weighted by Gasteiger charge is 2.25. The van der Waals surface area contributed by atoms with Gasteiger partial charge in [-0.15, -0.1) is 0 Å². The Morgan fingerprint density at radius 2 is 1.32 bits per heavy atom. The van der Waals surface area contributed by atoms with Crippen molar-refractivity contribution in [2.45, 2.75) is 143 Å². The number of unbranched alkanes of at least 4 members (excludes halogenated alkanes) is 11. The zero-order valence-corrected chi connectivity index (χ0v) is 27.9. The van der Waals surface area contributed by atoms with Gasteiger partial charge >= 0.3 is 0 Å². The minimum atomic E-state index is -3.42. The van der Waals surface area contributed by atoms with E-state index in [1.54, 1.807) is 4.31 Å². The Balaban J connectivity index is 1.97. The molecule has 1 aromatic heterocycles. The SMILES string of the molecule is CCCCCCCCCCCCCCOc1c(CN(Cc2cc[n+](CCC)cc2)S(C)(=O)=O)cccc1C(C)(C)C. The molecule has 2 aromatic rings. The normalized spacial score (nSPS) is 12.3. The maximum absolute atomic E-state index is 12.9. The van der Waals surface area contributed by atoms with Crippen molar-refractivity contribution in [2.24, 2.45) is 0 Å². The summed E-state index contributed by atoms with van der Waals surface area (Å²) in [6.07, 6.45) is 22.2. The Hall–Kier alpha value is -1.92. The first-order chi connectivity index (χ1) is 19.6. The summed E-state index contributed by atoms with van der Waals surface area (Å²) in [5.74, 6) is 0.852. The van der Waals surface area contributed by atoms with Crippen molar-refractivity contribution in [3.05, 3.63) is 59.4 Å². The molecule has 5 nitrogen and oxygen atoms in total. The predicted molar refractivity (Wildman–Crippen MR) is 173 cm³/mol. The molecule has 0 bridgehead atoms. The van der Waals surface area contributed by atoms with Crippen LogP contribution in [0, 0.1) is 0 Å². The van der Waals surface area contributed by atoms with Crippen molar-refractivity contribution in [3.8, 4) is 5.75 Å². The average Bonchev–Trinajstić information content (AvgIpc) is 2.91. The number of benzene rings is 1. The van der Waals surface area contributed by atoms with Gasteiger partial charge in [-0.05, 0) is 23.0 Å². The van der Waals surface area contributed by atoms with Crippen molar-refractivity contribution >= 4 is 10.0 Å². The molecule has 1 heterocycles. The lowest BCUT2D eigenvalue weighted by Crippen LogP contribution is -2.33. The van der Waals surface area contributed by atoms with E-state index in [0.717, 1.165) is 41.8 Å². The third-order valence-electron chi connectivity index (χ3n) is 7.77. The molecule has 0 saturated carbocycles. The van der Waals surface area contributed by atoms with Gasteiger partial charge in [0.1, 0.15) is 12.3 Å². The zero-order chi connectivity index (χ0) is 30.1. The number of aryl methyl sites for hydroxylation is 1. The molecule has 0 N–H and O–H groups in total. The molecule has 0 atom stereocenters. The molecule has 41 heavy (non-hydrogen) atoms. The summed E-state index contributed by atoms with van der Waals surface area (Å²) in [6, 6.07) is 10.2. The molecule has 0 aliphatic rings.